The van der Waals surface area contributed by atoms with Crippen molar-refractivity contribution < 1.29 is 0 Å². The number of rotatable bonds is 4. The molecule has 0 saturated carbocycles. The summed E-state index contributed by atoms with van der Waals surface area (Å²) in [5, 5.41) is 7.41. The van der Waals surface area contributed by atoms with Crippen LogP contribution in [0.15, 0.2) is 33.5 Å². The molecule has 0 aliphatic carbocycles. The Morgan fingerprint density at radius 3 is 2.72 bits per heavy atom. The number of hydrogen-bond acceptors (Lipinski definition) is 3. The van der Waals surface area contributed by atoms with E-state index < -0.39 is 0 Å². The van der Waals surface area contributed by atoms with E-state index in [1.54, 1.807) is 11.0 Å². The standard InChI is InChI=1S/C12H14Br2N4/c1-15-11(6-12-16-7-17-18(12)2)9-4-3-8(13)5-10(9)14/h3-5,7,11,15H,6H2,1-2H3. The van der Waals surface area contributed by atoms with Gasteiger partial charge < -0.3 is 5.32 Å². The smallest absolute Gasteiger partial charge is 0.138 e. The van der Waals surface area contributed by atoms with Crippen LogP contribution in [-0.2, 0) is 13.5 Å². The highest BCUT2D eigenvalue weighted by Gasteiger charge is 2.15. The highest BCUT2D eigenvalue weighted by Crippen LogP contribution is 2.28. The number of likely N-dealkylation sites (N-methyl/N-ethyl adjacent to an activating group) is 1. The zero-order valence-electron chi connectivity index (χ0n) is 10.2. The van der Waals surface area contributed by atoms with Crippen LogP contribution < -0.4 is 5.32 Å². The molecule has 0 aliphatic heterocycles. The summed E-state index contributed by atoms with van der Waals surface area (Å²) >= 11 is 7.06. The number of hydrogen-bond donors (Lipinski definition) is 1. The quantitative estimate of drug-likeness (QED) is 0.895. The van der Waals surface area contributed by atoms with Crippen molar-refractivity contribution in [3.8, 4) is 0 Å². The summed E-state index contributed by atoms with van der Waals surface area (Å²) in [5.41, 5.74) is 1.21. The van der Waals surface area contributed by atoms with Crippen molar-refractivity contribution in [3.63, 3.8) is 0 Å². The molecule has 0 bridgehead atoms. The van der Waals surface area contributed by atoms with Crippen molar-refractivity contribution in [2.75, 3.05) is 7.05 Å². The number of halogens is 2. The van der Waals surface area contributed by atoms with Crippen LogP contribution >= 0.6 is 31.9 Å². The lowest BCUT2D eigenvalue weighted by Gasteiger charge is -2.17. The van der Waals surface area contributed by atoms with Gasteiger partial charge in [0.2, 0.25) is 0 Å². The van der Waals surface area contributed by atoms with Crippen molar-refractivity contribution in [1.82, 2.24) is 20.1 Å². The average molecular weight is 374 g/mol. The van der Waals surface area contributed by atoms with Gasteiger partial charge in [-0.3, -0.25) is 4.68 Å². The lowest BCUT2D eigenvalue weighted by atomic mass is 10.0. The third-order valence-electron chi connectivity index (χ3n) is 2.88. The second-order valence-electron chi connectivity index (χ2n) is 4.01. The highest BCUT2D eigenvalue weighted by atomic mass is 79.9. The third kappa shape index (κ3) is 2.99. The van der Waals surface area contributed by atoms with Gasteiger partial charge in [-0.15, -0.1) is 0 Å². The van der Waals surface area contributed by atoms with E-state index in [1.165, 1.54) is 5.56 Å². The molecule has 4 nitrogen and oxygen atoms in total. The molecule has 1 N–H and O–H groups in total. The highest BCUT2D eigenvalue weighted by molar-refractivity contribution is 9.11. The van der Waals surface area contributed by atoms with Crippen LogP contribution in [-0.4, -0.2) is 21.8 Å². The molecule has 0 spiro atoms. The van der Waals surface area contributed by atoms with Crippen molar-refractivity contribution in [3.05, 3.63) is 44.9 Å². The summed E-state index contributed by atoms with van der Waals surface area (Å²) in [6.45, 7) is 0. The van der Waals surface area contributed by atoms with E-state index in [0.29, 0.717) is 0 Å². The number of nitrogens with zero attached hydrogens (tertiary/aromatic N) is 3. The minimum Gasteiger partial charge on any atom is -0.313 e. The van der Waals surface area contributed by atoms with Crippen LogP contribution in [0.3, 0.4) is 0 Å². The molecule has 18 heavy (non-hydrogen) atoms. The zero-order chi connectivity index (χ0) is 13.1. The Labute approximate surface area is 123 Å². The predicted molar refractivity (Wildman–Crippen MR) is 78.3 cm³/mol. The fraction of sp³-hybridized carbons (Fsp3) is 0.333. The largest absolute Gasteiger partial charge is 0.313 e. The van der Waals surface area contributed by atoms with Crippen LogP contribution in [0.25, 0.3) is 0 Å². The van der Waals surface area contributed by atoms with E-state index in [4.69, 9.17) is 0 Å². The lowest BCUT2D eigenvalue weighted by molar-refractivity contribution is 0.551. The summed E-state index contributed by atoms with van der Waals surface area (Å²) < 4.78 is 3.95. The molecule has 2 aromatic rings. The second kappa shape index (κ2) is 5.95. The summed E-state index contributed by atoms with van der Waals surface area (Å²) in [7, 11) is 3.86. The van der Waals surface area contributed by atoms with Gasteiger partial charge in [-0.05, 0) is 24.7 Å². The average Bonchev–Trinajstić information content (AvgIpc) is 2.73. The third-order valence-corrected chi connectivity index (χ3v) is 4.06. The second-order valence-corrected chi connectivity index (χ2v) is 5.78. The van der Waals surface area contributed by atoms with E-state index in [1.807, 2.05) is 20.2 Å². The van der Waals surface area contributed by atoms with Gasteiger partial charge in [0.15, 0.2) is 0 Å². The minimum absolute atomic E-state index is 0.204. The van der Waals surface area contributed by atoms with Gasteiger partial charge >= 0.3 is 0 Å². The van der Waals surface area contributed by atoms with Crippen LogP contribution in [0.5, 0.6) is 0 Å². The molecule has 96 valence electrons. The lowest BCUT2D eigenvalue weighted by Crippen LogP contribution is -2.21. The summed E-state index contributed by atoms with van der Waals surface area (Å²) in [5.74, 6) is 0.962. The van der Waals surface area contributed by atoms with Gasteiger partial charge in [0.1, 0.15) is 12.2 Å². The van der Waals surface area contributed by atoms with Crippen LogP contribution in [0.1, 0.15) is 17.4 Å². The Morgan fingerprint density at radius 1 is 1.39 bits per heavy atom. The van der Waals surface area contributed by atoms with Gasteiger partial charge in [0.05, 0.1) is 0 Å². The van der Waals surface area contributed by atoms with Crippen LogP contribution in [0.2, 0.25) is 0 Å². The molecular formula is C12H14Br2N4. The molecular weight excluding hydrogens is 360 g/mol. The first-order valence-corrected chi connectivity index (χ1v) is 7.15. The van der Waals surface area contributed by atoms with Crippen molar-refractivity contribution in [2.24, 2.45) is 7.05 Å². The Morgan fingerprint density at radius 2 is 2.17 bits per heavy atom. The monoisotopic (exact) mass is 372 g/mol. The summed E-state index contributed by atoms with van der Waals surface area (Å²) in [6, 6.07) is 6.40. The number of aromatic nitrogens is 3. The van der Waals surface area contributed by atoms with E-state index in [0.717, 1.165) is 21.2 Å². The number of benzene rings is 1. The van der Waals surface area contributed by atoms with Crippen molar-refractivity contribution in [1.29, 1.82) is 0 Å². The number of aryl methyl sites for hydroxylation is 1. The first-order valence-electron chi connectivity index (χ1n) is 5.57. The molecule has 0 fully saturated rings. The first-order chi connectivity index (χ1) is 8.61. The van der Waals surface area contributed by atoms with Gasteiger partial charge in [-0.25, -0.2) is 4.98 Å². The Balaban J connectivity index is 2.26. The van der Waals surface area contributed by atoms with E-state index >= 15 is 0 Å². The Bertz CT molecular complexity index is 539. The van der Waals surface area contributed by atoms with E-state index in [-0.39, 0.29) is 6.04 Å². The van der Waals surface area contributed by atoms with Gasteiger partial charge in [0, 0.05) is 28.5 Å². The molecule has 0 saturated heterocycles. The van der Waals surface area contributed by atoms with E-state index in [9.17, 15) is 0 Å². The first kappa shape index (κ1) is 13.7. The maximum atomic E-state index is 4.26. The molecule has 0 radical (unpaired) electrons. The van der Waals surface area contributed by atoms with Gasteiger partial charge in [-0.1, -0.05) is 37.9 Å². The van der Waals surface area contributed by atoms with Crippen molar-refractivity contribution >= 4 is 31.9 Å². The number of nitrogens with one attached hydrogen (secondary N) is 1. The molecule has 1 heterocycles. The zero-order valence-corrected chi connectivity index (χ0v) is 13.4. The maximum absolute atomic E-state index is 4.26. The fourth-order valence-electron chi connectivity index (χ4n) is 1.84. The molecule has 1 aromatic heterocycles. The molecule has 1 atom stereocenters. The Kier molecular flexibility index (Phi) is 4.53. The topological polar surface area (TPSA) is 42.7 Å². The fourth-order valence-corrected chi connectivity index (χ4v) is 3.16. The van der Waals surface area contributed by atoms with Crippen LogP contribution in [0.4, 0.5) is 0 Å². The SMILES string of the molecule is CNC(Cc1ncnn1C)c1ccc(Br)cc1Br. The molecule has 1 aromatic carbocycles. The normalized spacial score (nSPS) is 12.7. The maximum Gasteiger partial charge on any atom is 0.138 e. The van der Waals surface area contributed by atoms with Crippen molar-refractivity contribution in [2.45, 2.75) is 12.5 Å². The van der Waals surface area contributed by atoms with E-state index in [2.05, 4.69) is 59.4 Å². The molecule has 6 heteroatoms. The molecule has 1 unspecified atom stereocenters. The van der Waals surface area contributed by atoms with Crippen LogP contribution in [0, 0.1) is 0 Å². The molecule has 2 rings (SSSR count). The van der Waals surface area contributed by atoms with Gasteiger partial charge in [-0.2, -0.15) is 5.10 Å². The predicted octanol–water partition coefficient (Wildman–Crippen LogP) is 2.84. The Hall–Kier alpha value is -0.720. The summed E-state index contributed by atoms with van der Waals surface area (Å²) in [4.78, 5) is 4.26. The summed E-state index contributed by atoms with van der Waals surface area (Å²) in [6.07, 6.45) is 2.38. The molecule has 0 aliphatic rings. The van der Waals surface area contributed by atoms with Gasteiger partial charge in [0.25, 0.3) is 0 Å². The minimum atomic E-state index is 0.204. The molecule has 0 amide bonds.